The number of aliphatic hydroxyl groups is 1. The SMILES string of the molecule is O=C1CC(C(=O)NCC2(O)CCCCCC2)C1. The van der Waals surface area contributed by atoms with Gasteiger partial charge in [0, 0.05) is 19.4 Å². The zero-order valence-electron chi connectivity index (χ0n) is 10.2. The Balaban J connectivity index is 1.76. The third kappa shape index (κ3) is 3.28. The molecule has 17 heavy (non-hydrogen) atoms. The van der Waals surface area contributed by atoms with Crippen LogP contribution in [-0.2, 0) is 9.59 Å². The van der Waals surface area contributed by atoms with Crippen molar-refractivity contribution in [3.63, 3.8) is 0 Å². The molecule has 0 aromatic rings. The lowest BCUT2D eigenvalue weighted by atomic mass is 9.83. The van der Waals surface area contributed by atoms with Crippen LogP contribution >= 0.6 is 0 Å². The number of carbonyl (C=O) groups is 2. The summed E-state index contributed by atoms with van der Waals surface area (Å²) < 4.78 is 0. The predicted octanol–water partition coefficient (Wildman–Crippen LogP) is 1.17. The van der Waals surface area contributed by atoms with Gasteiger partial charge in [-0.3, -0.25) is 9.59 Å². The van der Waals surface area contributed by atoms with Gasteiger partial charge in [0.1, 0.15) is 5.78 Å². The zero-order chi connectivity index (χ0) is 12.3. The molecular formula is C13H21NO3. The Morgan fingerprint density at radius 2 is 1.82 bits per heavy atom. The second-order valence-electron chi connectivity index (χ2n) is 5.50. The van der Waals surface area contributed by atoms with Gasteiger partial charge in [-0.1, -0.05) is 25.7 Å². The molecule has 0 spiro atoms. The molecule has 2 N–H and O–H groups in total. The van der Waals surface area contributed by atoms with Crippen molar-refractivity contribution < 1.29 is 14.7 Å². The maximum Gasteiger partial charge on any atom is 0.224 e. The molecule has 0 radical (unpaired) electrons. The molecule has 0 aromatic carbocycles. The van der Waals surface area contributed by atoms with Gasteiger partial charge < -0.3 is 10.4 Å². The highest BCUT2D eigenvalue weighted by atomic mass is 16.3. The van der Waals surface area contributed by atoms with Gasteiger partial charge in [-0.05, 0) is 12.8 Å². The van der Waals surface area contributed by atoms with Crippen molar-refractivity contribution >= 4 is 11.7 Å². The molecule has 2 aliphatic carbocycles. The fraction of sp³-hybridized carbons (Fsp3) is 0.846. The molecule has 0 atom stereocenters. The Morgan fingerprint density at radius 3 is 2.35 bits per heavy atom. The van der Waals surface area contributed by atoms with Gasteiger partial charge >= 0.3 is 0 Å². The lowest BCUT2D eigenvalue weighted by molar-refractivity contribution is -0.138. The quantitative estimate of drug-likeness (QED) is 0.726. The van der Waals surface area contributed by atoms with Crippen LogP contribution in [0.2, 0.25) is 0 Å². The van der Waals surface area contributed by atoms with E-state index in [1.807, 2.05) is 0 Å². The van der Waals surface area contributed by atoms with Gasteiger partial charge in [0.25, 0.3) is 0 Å². The van der Waals surface area contributed by atoms with Crippen molar-refractivity contribution in [1.82, 2.24) is 5.32 Å². The molecule has 0 unspecified atom stereocenters. The molecule has 4 nitrogen and oxygen atoms in total. The summed E-state index contributed by atoms with van der Waals surface area (Å²) in [5, 5.41) is 13.1. The fourth-order valence-corrected chi connectivity index (χ4v) is 2.63. The number of hydrogen-bond acceptors (Lipinski definition) is 3. The minimum Gasteiger partial charge on any atom is -0.388 e. The Bertz CT molecular complexity index is 298. The summed E-state index contributed by atoms with van der Waals surface area (Å²) >= 11 is 0. The van der Waals surface area contributed by atoms with E-state index in [-0.39, 0.29) is 17.6 Å². The number of hydrogen-bond donors (Lipinski definition) is 2. The molecule has 0 bridgehead atoms. The van der Waals surface area contributed by atoms with Crippen LogP contribution in [0.3, 0.4) is 0 Å². The normalized spacial score (nSPS) is 24.9. The van der Waals surface area contributed by atoms with Gasteiger partial charge in [-0.25, -0.2) is 0 Å². The van der Waals surface area contributed by atoms with Crippen molar-refractivity contribution in [2.45, 2.75) is 57.0 Å². The van der Waals surface area contributed by atoms with Crippen molar-refractivity contribution in [2.75, 3.05) is 6.54 Å². The Morgan fingerprint density at radius 1 is 1.24 bits per heavy atom. The number of amides is 1. The molecule has 0 aromatic heterocycles. The van der Waals surface area contributed by atoms with E-state index in [2.05, 4.69) is 5.32 Å². The van der Waals surface area contributed by atoms with Crippen molar-refractivity contribution in [3.05, 3.63) is 0 Å². The number of ketones is 1. The first-order valence-corrected chi connectivity index (χ1v) is 6.61. The van der Waals surface area contributed by atoms with Crippen LogP contribution in [0.1, 0.15) is 51.4 Å². The van der Waals surface area contributed by atoms with E-state index in [9.17, 15) is 14.7 Å². The molecule has 2 fully saturated rings. The second-order valence-corrected chi connectivity index (χ2v) is 5.50. The van der Waals surface area contributed by atoms with Crippen molar-refractivity contribution in [2.24, 2.45) is 5.92 Å². The van der Waals surface area contributed by atoms with E-state index in [0.717, 1.165) is 25.7 Å². The average molecular weight is 239 g/mol. The monoisotopic (exact) mass is 239 g/mol. The average Bonchev–Trinajstić information content (AvgIpc) is 2.47. The maximum absolute atomic E-state index is 11.7. The van der Waals surface area contributed by atoms with E-state index >= 15 is 0 Å². The first-order chi connectivity index (χ1) is 8.09. The highest BCUT2D eigenvalue weighted by Crippen LogP contribution is 2.27. The molecule has 0 aliphatic heterocycles. The number of Topliss-reactive ketones (excluding diaryl/α,β-unsaturated/α-hetero) is 1. The zero-order valence-corrected chi connectivity index (χ0v) is 10.2. The second kappa shape index (κ2) is 5.17. The first-order valence-electron chi connectivity index (χ1n) is 6.61. The third-order valence-electron chi connectivity index (χ3n) is 3.94. The highest BCUT2D eigenvalue weighted by molar-refractivity contribution is 5.96. The minimum atomic E-state index is -0.722. The van der Waals surface area contributed by atoms with Gasteiger partial charge in [0.05, 0.1) is 11.5 Å². The Hall–Kier alpha value is -0.900. The van der Waals surface area contributed by atoms with E-state index in [1.54, 1.807) is 0 Å². The van der Waals surface area contributed by atoms with Crippen molar-refractivity contribution in [3.8, 4) is 0 Å². The van der Waals surface area contributed by atoms with Crippen molar-refractivity contribution in [1.29, 1.82) is 0 Å². The number of nitrogens with one attached hydrogen (secondary N) is 1. The highest BCUT2D eigenvalue weighted by Gasteiger charge is 2.34. The van der Waals surface area contributed by atoms with Gasteiger partial charge in [0.15, 0.2) is 0 Å². The van der Waals surface area contributed by atoms with Gasteiger partial charge in [0.2, 0.25) is 5.91 Å². The fourth-order valence-electron chi connectivity index (χ4n) is 2.63. The van der Waals surface area contributed by atoms with Crippen LogP contribution in [0.25, 0.3) is 0 Å². The summed E-state index contributed by atoms with van der Waals surface area (Å²) in [6, 6.07) is 0. The molecule has 2 aliphatic rings. The Labute approximate surface area is 102 Å². The van der Waals surface area contributed by atoms with Crippen LogP contribution in [0.5, 0.6) is 0 Å². The Kier molecular flexibility index (Phi) is 3.82. The first kappa shape index (κ1) is 12.6. The minimum absolute atomic E-state index is 0.0673. The third-order valence-corrected chi connectivity index (χ3v) is 3.94. The maximum atomic E-state index is 11.7. The topological polar surface area (TPSA) is 66.4 Å². The summed E-state index contributed by atoms with van der Waals surface area (Å²) in [6.45, 7) is 0.344. The van der Waals surface area contributed by atoms with E-state index in [1.165, 1.54) is 12.8 Å². The lowest BCUT2D eigenvalue weighted by Crippen LogP contribution is -2.46. The number of rotatable bonds is 3. The van der Waals surface area contributed by atoms with Crippen LogP contribution in [0.4, 0.5) is 0 Å². The van der Waals surface area contributed by atoms with Crippen LogP contribution < -0.4 is 5.32 Å². The van der Waals surface area contributed by atoms with Crippen LogP contribution in [0, 0.1) is 5.92 Å². The molecule has 2 saturated carbocycles. The lowest BCUT2D eigenvalue weighted by Gasteiger charge is -2.29. The molecule has 0 saturated heterocycles. The summed E-state index contributed by atoms with van der Waals surface area (Å²) in [5.41, 5.74) is -0.722. The number of carbonyl (C=O) groups excluding carboxylic acids is 2. The van der Waals surface area contributed by atoms with Gasteiger partial charge in [-0.15, -0.1) is 0 Å². The standard InChI is InChI=1S/C13H21NO3/c15-11-7-10(8-11)12(16)14-9-13(17)5-3-1-2-4-6-13/h10,17H,1-9H2,(H,14,16). The summed E-state index contributed by atoms with van der Waals surface area (Å²) in [5.74, 6) is -0.0440. The van der Waals surface area contributed by atoms with Crippen LogP contribution in [-0.4, -0.2) is 28.9 Å². The van der Waals surface area contributed by atoms with Crippen LogP contribution in [0.15, 0.2) is 0 Å². The van der Waals surface area contributed by atoms with Gasteiger partial charge in [-0.2, -0.15) is 0 Å². The molecule has 2 rings (SSSR count). The van der Waals surface area contributed by atoms with E-state index in [4.69, 9.17) is 0 Å². The largest absolute Gasteiger partial charge is 0.388 e. The molecule has 96 valence electrons. The molecule has 1 amide bonds. The molecular weight excluding hydrogens is 218 g/mol. The summed E-state index contributed by atoms with van der Waals surface area (Å²) in [7, 11) is 0. The predicted molar refractivity (Wildman–Crippen MR) is 63.4 cm³/mol. The summed E-state index contributed by atoms with van der Waals surface area (Å²) in [4.78, 5) is 22.5. The molecule has 4 heteroatoms. The molecule has 0 heterocycles. The summed E-state index contributed by atoms with van der Waals surface area (Å²) in [6.07, 6.45) is 6.73. The smallest absolute Gasteiger partial charge is 0.224 e. The van der Waals surface area contributed by atoms with E-state index < -0.39 is 5.60 Å². The van der Waals surface area contributed by atoms with E-state index in [0.29, 0.717) is 19.4 Å².